The summed E-state index contributed by atoms with van der Waals surface area (Å²) in [7, 11) is 1.75. The average molecular weight is 469 g/mol. The number of benzene rings is 2. The summed E-state index contributed by atoms with van der Waals surface area (Å²) < 4.78 is 0. The molecule has 0 fully saturated rings. The summed E-state index contributed by atoms with van der Waals surface area (Å²) >= 11 is 12.1. The van der Waals surface area contributed by atoms with Crippen molar-refractivity contribution in [1.82, 2.24) is 10.3 Å². The zero-order chi connectivity index (χ0) is 22.8. The Labute approximate surface area is 196 Å². The Balaban J connectivity index is 1.76. The first kappa shape index (κ1) is 22.3. The first-order valence-corrected chi connectivity index (χ1v) is 10.9. The van der Waals surface area contributed by atoms with E-state index >= 15 is 0 Å². The number of anilines is 3. The summed E-state index contributed by atoms with van der Waals surface area (Å²) in [5.74, 6) is 0.0518. The van der Waals surface area contributed by atoms with Gasteiger partial charge in [-0.25, -0.2) is 4.79 Å². The van der Waals surface area contributed by atoms with Gasteiger partial charge < -0.3 is 5.32 Å². The lowest BCUT2D eigenvalue weighted by Gasteiger charge is -2.36. The number of halogens is 2. The smallest absolute Gasteiger partial charge is 0.311 e. The molecule has 0 unspecified atom stereocenters. The molecule has 2 aromatic carbocycles. The maximum absolute atomic E-state index is 13.5. The molecule has 0 spiro atoms. The number of nitrogens with zero attached hydrogens (tertiary/aromatic N) is 3. The molecule has 4 rings (SSSR count). The highest BCUT2D eigenvalue weighted by Crippen LogP contribution is 2.37. The Bertz CT molecular complexity index is 1150. The summed E-state index contributed by atoms with van der Waals surface area (Å²) in [6, 6.07) is 17.3. The van der Waals surface area contributed by atoms with Crippen LogP contribution in [0, 0.1) is 0 Å². The first-order valence-electron chi connectivity index (χ1n) is 10.2. The van der Waals surface area contributed by atoms with Crippen LogP contribution in [0.4, 0.5) is 21.9 Å². The third kappa shape index (κ3) is 4.48. The minimum atomic E-state index is -0.259. The highest BCUT2D eigenvalue weighted by Gasteiger charge is 2.33. The van der Waals surface area contributed by atoms with Crippen molar-refractivity contribution < 1.29 is 9.59 Å². The molecule has 0 aliphatic carbocycles. The number of fused-ring (bicyclic) bond motifs is 1. The molecule has 8 heteroatoms. The fourth-order valence-electron chi connectivity index (χ4n) is 3.55. The van der Waals surface area contributed by atoms with E-state index in [1.807, 2.05) is 13.0 Å². The SMILES string of the molecule is CN[C@@H](C)C(=O)Cc1ccc2c(n1)CN(c1ccc(Cl)cc1)C(=O)N2c1ccc(Cl)cc1. The number of aromatic nitrogens is 1. The number of hydrogen-bond donors (Lipinski definition) is 1. The third-order valence-corrected chi connectivity index (χ3v) is 5.98. The van der Waals surface area contributed by atoms with Crippen LogP contribution >= 0.6 is 23.2 Å². The first-order chi connectivity index (χ1) is 15.4. The molecule has 164 valence electrons. The number of nitrogens with one attached hydrogen (secondary N) is 1. The summed E-state index contributed by atoms with van der Waals surface area (Å²) in [5, 5.41) is 4.13. The standard InChI is InChI=1S/C24H22Cl2N4O2/c1-15(27-2)23(31)13-18-7-12-22-21(28-18)14-29(19-8-3-16(25)4-9-19)24(32)30(22)20-10-5-17(26)6-11-20/h3-12,15,27H,13-14H2,1-2H3/t15-/m0/s1. The van der Waals surface area contributed by atoms with Gasteiger partial charge in [-0.05, 0) is 74.6 Å². The lowest BCUT2D eigenvalue weighted by Crippen LogP contribution is -2.45. The lowest BCUT2D eigenvalue weighted by molar-refractivity contribution is -0.119. The molecule has 0 radical (unpaired) electrons. The number of ketones is 1. The molecular weight excluding hydrogens is 447 g/mol. The molecule has 6 nitrogen and oxygen atoms in total. The topological polar surface area (TPSA) is 65.5 Å². The van der Waals surface area contributed by atoms with E-state index < -0.39 is 0 Å². The molecular formula is C24H22Cl2N4O2. The fraction of sp³-hybridized carbons (Fsp3) is 0.208. The molecule has 2 heterocycles. The summed E-state index contributed by atoms with van der Waals surface area (Å²) in [6.07, 6.45) is 0.213. The van der Waals surface area contributed by atoms with Gasteiger partial charge in [0.15, 0.2) is 5.78 Å². The minimum Gasteiger partial charge on any atom is -0.311 e. The Hall–Kier alpha value is -2.93. The van der Waals surface area contributed by atoms with Gasteiger partial charge in [-0.3, -0.25) is 19.6 Å². The van der Waals surface area contributed by atoms with Gasteiger partial charge in [0.1, 0.15) is 0 Å². The zero-order valence-corrected chi connectivity index (χ0v) is 19.2. The Morgan fingerprint density at radius 1 is 1.00 bits per heavy atom. The number of pyridine rings is 1. The second kappa shape index (κ2) is 9.28. The van der Waals surface area contributed by atoms with Gasteiger partial charge >= 0.3 is 6.03 Å². The number of carbonyl (C=O) groups excluding carboxylic acids is 2. The maximum Gasteiger partial charge on any atom is 0.334 e. The van der Waals surface area contributed by atoms with Gasteiger partial charge in [-0.1, -0.05) is 23.2 Å². The van der Waals surface area contributed by atoms with Crippen LogP contribution in [0.5, 0.6) is 0 Å². The summed E-state index contributed by atoms with van der Waals surface area (Å²) in [5.41, 5.74) is 3.43. The van der Waals surface area contributed by atoms with Crippen LogP contribution in [-0.2, 0) is 17.8 Å². The molecule has 1 aromatic heterocycles. The van der Waals surface area contributed by atoms with Crippen molar-refractivity contribution in [3.8, 4) is 0 Å². The van der Waals surface area contributed by atoms with Crippen molar-refractivity contribution in [2.24, 2.45) is 0 Å². The molecule has 1 aliphatic rings. The van der Waals surface area contributed by atoms with Crippen LogP contribution in [0.3, 0.4) is 0 Å². The second-order valence-electron chi connectivity index (χ2n) is 7.58. The van der Waals surface area contributed by atoms with Crippen LogP contribution < -0.4 is 15.1 Å². The van der Waals surface area contributed by atoms with Crippen molar-refractivity contribution in [2.45, 2.75) is 25.9 Å². The Morgan fingerprint density at radius 2 is 1.59 bits per heavy atom. The average Bonchev–Trinajstić information content (AvgIpc) is 2.79. The van der Waals surface area contributed by atoms with Crippen LogP contribution in [0.1, 0.15) is 18.3 Å². The Morgan fingerprint density at radius 3 is 2.19 bits per heavy atom. The maximum atomic E-state index is 13.5. The Kier molecular flexibility index (Phi) is 6.46. The number of rotatable bonds is 6. The van der Waals surface area contributed by atoms with Crippen LogP contribution in [-0.4, -0.2) is 29.9 Å². The largest absolute Gasteiger partial charge is 0.334 e. The highest BCUT2D eigenvalue weighted by atomic mass is 35.5. The van der Waals surface area contributed by atoms with E-state index in [-0.39, 0.29) is 30.8 Å². The summed E-state index contributed by atoms with van der Waals surface area (Å²) in [6.45, 7) is 2.10. The molecule has 3 aromatic rings. The highest BCUT2D eigenvalue weighted by molar-refractivity contribution is 6.31. The van der Waals surface area contributed by atoms with E-state index in [9.17, 15) is 9.59 Å². The van der Waals surface area contributed by atoms with E-state index in [0.717, 1.165) is 0 Å². The summed E-state index contributed by atoms with van der Waals surface area (Å²) in [4.78, 5) is 33.9. The van der Waals surface area contributed by atoms with Crippen molar-refractivity contribution in [3.05, 3.63) is 82.1 Å². The predicted octanol–water partition coefficient (Wildman–Crippen LogP) is 5.39. The van der Waals surface area contributed by atoms with Gasteiger partial charge in [0.25, 0.3) is 0 Å². The molecule has 0 saturated heterocycles. The fourth-order valence-corrected chi connectivity index (χ4v) is 3.81. The quantitative estimate of drug-likeness (QED) is 0.526. The van der Waals surface area contributed by atoms with Gasteiger partial charge in [0.2, 0.25) is 0 Å². The molecule has 1 atom stereocenters. The number of urea groups is 1. The molecule has 1 aliphatic heterocycles. The van der Waals surface area contributed by atoms with Crippen molar-refractivity contribution in [2.75, 3.05) is 16.8 Å². The number of likely N-dealkylation sites (N-methyl/N-ethyl adjacent to an activating group) is 1. The van der Waals surface area contributed by atoms with E-state index in [2.05, 4.69) is 5.32 Å². The normalized spacial score (nSPS) is 14.3. The van der Waals surface area contributed by atoms with Gasteiger partial charge in [-0.2, -0.15) is 0 Å². The van der Waals surface area contributed by atoms with E-state index in [4.69, 9.17) is 28.2 Å². The number of hydrogen-bond acceptors (Lipinski definition) is 4. The minimum absolute atomic E-state index is 0.0518. The monoisotopic (exact) mass is 468 g/mol. The lowest BCUT2D eigenvalue weighted by atomic mass is 10.1. The molecule has 1 N–H and O–H groups in total. The van der Waals surface area contributed by atoms with Gasteiger partial charge in [0.05, 0.1) is 36.1 Å². The van der Waals surface area contributed by atoms with Gasteiger partial charge in [-0.15, -0.1) is 0 Å². The van der Waals surface area contributed by atoms with Crippen LogP contribution in [0.25, 0.3) is 0 Å². The van der Waals surface area contributed by atoms with E-state index in [0.29, 0.717) is 38.5 Å². The molecule has 2 amide bonds. The van der Waals surface area contributed by atoms with E-state index in [1.54, 1.807) is 71.4 Å². The number of Topliss-reactive ketones (excluding diaryl/α,β-unsaturated/α-hetero) is 1. The third-order valence-electron chi connectivity index (χ3n) is 5.47. The molecule has 0 saturated carbocycles. The van der Waals surface area contributed by atoms with Crippen molar-refractivity contribution in [3.63, 3.8) is 0 Å². The number of carbonyl (C=O) groups is 2. The van der Waals surface area contributed by atoms with Crippen molar-refractivity contribution >= 4 is 52.1 Å². The van der Waals surface area contributed by atoms with Crippen LogP contribution in [0.2, 0.25) is 10.0 Å². The molecule has 32 heavy (non-hydrogen) atoms. The molecule has 0 bridgehead atoms. The van der Waals surface area contributed by atoms with Gasteiger partial charge in [0, 0.05) is 21.4 Å². The predicted molar refractivity (Wildman–Crippen MR) is 128 cm³/mol. The van der Waals surface area contributed by atoms with Crippen LogP contribution in [0.15, 0.2) is 60.7 Å². The second-order valence-corrected chi connectivity index (χ2v) is 8.45. The van der Waals surface area contributed by atoms with Crippen molar-refractivity contribution in [1.29, 1.82) is 0 Å². The van der Waals surface area contributed by atoms with E-state index in [1.165, 1.54) is 0 Å². The zero-order valence-electron chi connectivity index (χ0n) is 17.7. The number of amides is 2.